The lowest BCUT2D eigenvalue weighted by Gasteiger charge is -2.29. The van der Waals surface area contributed by atoms with Crippen molar-refractivity contribution in [3.05, 3.63) is 63.2 Å². The Hall–Kier alpha value is -2.09. The maximum Gasteiger partial charge on any atom is 0.261 e. The van der Waals surface area contributed by atoms with E-state index in [4.69, 9.17) is 4.74 Å². The summed E-state index contributed by atoms with van der Waals surface area (Å²) in [6.45, 7) is 6.37. The van der Waals surface area contributed by atoms with Crippen molar-refractivity contribution in [2.24, 2.45) is 0 Å². The highest BCUT2D eigenvalue weighted by atomic mass is 127. The van der Waals surface area contributed by atoms with Crippen LogP contribution in [0.4, 0.5) is 0 Å². The quantitative estimate of drug-likeness (QED) is 0.589. The number of amides is 2. The molecule has 0 aliphatic carbocycles. The summed E-state index contributed by atoms with van der Waals surface area (Å²) in [6.07, 6.45) is 0. The molecule has 5 nitrogen and oxygen atoms in total. The molecule has 0 radical (unpaired) electrons. The predicted molar refractivity (Wildman–Crippen MR) is 115 cm³/mol. The molecule has 2 rings (SSSR count). The van der Waals surface area contributed by atoms with Gasteiger partial charge in [0.1, 0.15) is 11.8 Å². The van der Waals surface area contributed by atoms with Crippen molar-refractivity contribution in [1.82, 2.24) is 10.2 Å². The third-order valence-electron chi connectivity index (χ3n) is 4.30. The Morgan fingerprint density at radius 1 is 1.15 bits per heavy atom. The first-order valence-corrected chi connectivity index (χ1v) is 10.00. The smallest absolute Gasteiger partial charge is 0.261 e. The van der Waals surface area contributed by atoms with Crippen LogP contribution in [0.15, 0.2) is 48.5 Å². The number of aryl methyl sites for hydroxylation is 1. The number of carbonyl (C=O) groups excluding carboxylic acids is 2. The van der Waals surface area contributed by atoms with Gasteiger partial charge in [-0.25, -0.2) is 0 Å². The van der Waals surface area contributed by atoms with Gasteiger partial charge in [-0.05, 0) is 78.8 Å². The van der Waals surface area contributed by atoms with Crippen LogP contribution >= 0.6 is 22.6 Å². The fraction of sp³-hybridized carbons (Fsp3) is 0.333. The average Bonchev–Trinajstić information content (AvgIpc) is 2.66. The molecule has 0 heterocycles. The first-order chi connectivity index (χ1) is 12.9. The number of benzene rings is 2. The van der Waals surface area contributed by atoms with Crippen LogP contribution in [-0.2, 0) is 16.1 Å². The van der Waals surface area contributed by atoms with E-state index in [1.54, 1.807) is 11.8 Å². The van der Waals surface area contributed by atoms with E-state index in [1.807, 2.05) is 62.4 Å². The summed E-state index contributed by atoms with van der Waals surface area (Å²) in [7, 11) is 0. The standard InChI is InChI=1S/C21H25IN2O3/c1-4-23-21(26)16(3)24(13-17-8-6-5-7-15(17)2)20(25)14-27-19-11-9-18(22)10-12-19/h5-12,16H,4,13-14H2,1-3H3,(H,23,26)/t16-/m1/s1. The number of hydrogen-bond acceptors (Lipinski definition) is 3. The summed E-state index contributed by atoms with van der Waals surface area (Å²) in [4.78, 5) is 26.8. The highest BCUT2D eigenvalue weighted by Crippen LogP contribution is 2.16. The highest BCUT2D eigenvalue weighted by Gasteiger charge is 2.26. The first kappa shape index (κ1) is 21.2. The van der Waals surface area contributed by atoms with Gasteiger partial charge in [-0.3, -0.25) is 9.59 Å². The number of rotatable bonds is 8. The second kappa shape index (κ2) is 10.3. The van der Waals surface area contributed by atoms with Gasteiger partial charge in [0.25, 0.3) is 5.91 Å². The van der Waals surface area contributed by atoms with Crippen LogP contribution in [0.1, 0.15) is 25.0 Å². The van der Waals surface area contributed by atoms with Gasteiger partial charge in [0.15, 0.2) is 6.61 Å². The van der Waals surface area contributed by atoms with Gasteiger partial charge in [-0.15, -0.1) is 0 Å². The van der Waals surface area contributed by atoms with E-state index in [0.717, 1.165) is 14.7 Å². The molecular weight excluding hydrogens is 455 g/mol. The number of ether oxygens (including phenoxy) is 1. The molecule has 0 spiro atoms. The van der Waals surface area contributed by atoms with Crippen LogP contribution in [0.2, 0.25) is 0 Å². The van der Waals surface area contributed by atoms with E-state index in [9.17, 15) is 9.59 Å². The molecule has 0 aliphatic rings. The zero-order valence-corrected chi connectivity index (χ0v) is 18.0. The van der Waals surface area contributed by atoms with Crippen molar-refractivity contribution in [3.8, 4) is 5.75 Å². The Balaban J connectivity index is 2.14. The molecule has 0 bridgehead atoms. The van der Waals surface area contributed by atoms with Crippen LogP contribution in [-0.4, -0.2) is 35.9 Å². The molecule has 0 aliphatic heterocycles. The van der Waals surface area contributed by atoms with E-state index in [0.29, 0.717) is 18.8 Å². The third kappa shape index (κ3) is 6.23. The van der Waals surface area contributed by atoms with Crippen molar-refractivity contribution in [3.63, 3.8) is 0 Å². The molecule has 27 heavy (non-hydrogen) atoms. The van der Waals surface area contributed by atoms with Gasteiger partial charge in [0.2, 0.25) is 5.91 Å². The van der Waals surface area contributed by atoms with E-state index in [1.165, 1.54) is 0 Å². The molecule has 1 N–H and O–H groups in total. The molecule has 2 aromatic rings. The molecule has 0 saturated heterocycles. The minimum absolute atomic E-state index is 0.115. The lowest BCUT2D eigenvalue weighted by Crippen LogP contribution is -2.49. The zero-order chi connectivity index (χ0) is 19.8. The van der Waals surface area contributed by atoms with Crippen LogP contribution in [0.25, 0.3) is 0 Å². The number of hydrogen-bond donors (Lipinski definition) is 1. The van der Waals surface area contributed by atoms with Crippen LogP contribution in [0, 0.1) is 10.5 Å². The van der Waals surface area contributed by atoms with Gasteiger partial charge < -0.3 is 15.0 Å². The van der Waals surface area contributed by atoms with Crippen molar-refractivity contribution in [2.45, 2.75) is 33.4 Å². The van der Waals surface area contributed by atoms with Crippen molar-refractivity contribution in [2.75, 3.05) is 13.2 Å². The van der Waals surface area contributed by atoms with E-state index in [2.05, 4.69) is 27.9 Å². The molecule has 2 aromatic carbocycles. The fourth-order valence-electron chi connectivity index (χ4n) is 2.63. The average molecular weight is 480 g/mol. The van der Waals surface area contributed by atoms with Gasteiger partial charge in [0, 0.05) is 16.7 Å². The molecule has 0 saturated carbocycles. The fourth-order valence-corrected chi connectivity index (χ4v) is 2.99. The minimum atomic E-state index is -0.586. The van der Waals surface area contributed by atoms with E-state index in [-0.39, 0.29) is 18.4 Å². The van der Waals surface area contributed by atoms with Gasteiger partial charge in [0.05, 0.1) is 0 Å². The number of nitrogens with zero attached hydrogens (tertiary/aromatic N) is 1. The summed E-state index contributed by atoms with van der Waals surface area (Å²) in [6, 6.07) is 14.8. The second-order valence-corrected chi connectivity index (χ2v) is 7.51. The lowest BCUT2D eigenvalue weighted by molar-refractivity contribution is -0.142. The normalized spacial score (nSPS) is 11.6. The van der Waals surface area contributed by atoms with Crippen LogP contribution in [0.5, 0.6) is 5.75 Å². The van der Waals surface area contributed by atoms with Gasteiger partial charge in [-0.1, -0.05) is 24.3 Å². The molecule has 0 unspecified atom stereocenters. The molecule has 1 atom stereocenters. The molecule has 144 valence electrons. The number of carbonyl (C=O) groups is 2. The Kier molecular flexibility index (Phi) is 8.09. The summed E-state index contributed by atoms with van der Waals surface area (Å²) in [5.41, 5.74) is 2.09. The van der Waals surface area contributed by atoms with Crippen LogP contribution in [0.3, 0.4) is 0 Å². The maximum absolute atomic E-state index is 12.9. The predicted octanol–water partition coefficient (Wildman–Crippen LogP) is 3.53. The first-order valence-electron chi connectivity index (χ1n) is 8.92. The summed E-state index contributed by atoms with van der Waals surface area (Å²) in [5, 5.41) is 2.79. The highest BCUT2D eigenvalue weighted by molar-refractivity contribution is 14.1. The van der Waals surface area contributed by atoms with Crippen LogP contribution < -0.4 is 10.1 Å². The molecule has 0 aromatic heterocycles. The lowest BCUT2D eigenvalue weighted by atomic mass is 10.1. The molecule has 2 amide bonds. The Morgan fingerprint density at radius 2 is 1.81 bits per heavy atom. The monoisotopic (exact) mass is 480 g/mol. The van der Waals surface area contributed by atoms with Gasteiger partial charge >= 0.3 is 0 Å². The Labute approximate surface area is 174 Å². The largest absolute Gasteiger partial charge is 0.484 e. The molecule has 0 fully saturated rings. The number of nitrogens with one attached hydrogen (secondary N) is 1. The van der Waals surface area contributed by atoms with Crippen molar-refractivity contribution in [1.29, 1.82) is 0 Å². The van der Waals surface area contributed by atoms with Gasteiger partial charge in [-0.2, -0.15) is 0 Å². The van der Waals surface area contributed by atoms with E-state index >= 15 is 0 Å². The summed E-state index contributed by atoms with van der Waals surface area (Å²) in [5.74, 6) is 0.231. The zero-order valence-electron chi connectivity index (χ0n) is 15.9. The van der Waals surface area contributed by atoms with Crippen molar-refractivity contribution >= 4 is 34.4 Å². The van der Waals surface area contributed by atoms with Crippen molar-refractivity contribution < 1.29 is 14.3 Å². The number of likely N-dealkylation sites (N-methyl/N-ethyl adjacent to an activating group) is 1. The maximum atomic E-state index is 12.9. The summed E-state index contributed by atoms with van der Waals surface area (Å²) >= 11 is 2.21. The number of halogens is 1. The Morgan fingerprint density at radius 3 is 2.44 bits per heavy atom. The third-order valence-corrected chi connectivity index (χ3v) is 5.02. The SMILES string of the molecule is CCNC(=O)[C@@H](C)N(Cc1ccccc1C)C(=O)COc1ccc(I)cc1. The molecular formula is C21H25IN2O3. The summed E-state index contributed by atoms with van der Waals surface area (Å²) < 4.78 is 6.73. The van der Waals surface area contributed by atoms with E-state index < -0.39 is 6.04 Å². The minimum Gasteiger partial charge on any atom is -0.484 e. The Bertz CT molecular complexity index is 777. The molecule has 6 heteroatoms. The second-order valence-electron chi connectivity index (χ2n) is 6.26. The topological polar surface area (TPSA) is 58.6 Å².